The van der Waals surface area contributed by atoms with Gasteiger partial charge in [-0.25, -0.2) is 9.67 Å². The SMILES string of the molecule is Cn1cccc1[C@H]1CCCN1CC(=O)Nc1cc(C(F)(F)F)ccc1-n1cncn1. The van der Waals surface area contributed by atoms with Crippen molar-refractivity contribution < 1.29 is 18.0 Å². The second-order valence-electron chi connectivity index (χ2n) is 7.29. The molecule has 3 heterocycles. The number of carbonyl (C=O) groups excluding carboxylic acids is 1. The summed E-state index contributed by atoms with van der Waals surface area (Å²) < 4.78 is 42.9. The van der Waals surface area contributed by atoms with Gasteiger partial charge in [0.2, 0.25) is 5.91 Å². The molecule has 2 aromatic heterocycles. The van der Waals surface area contributed by atoms with Crippen molar-refractivity contribution in [3.63, 3.8) is 0 Å². The average molecular weight is 418 g/mol. The van der Waals surface area contributed by atoms with E-state index in [9.17, 15) is 18.0 Å². The highest BCUT2D eigenvalue weighted by atomic mass is 19.4. The highest BCUT2D eigenvalue weighted by Crippen LogP contribution is 2.34. The van der Waals surface area contributed by atoms with Gasteiger partial charge in [0, 0.05) is 18.9 Å². The van der Waals surface area contributed by atoms with E-state index in [1.54, 1.807) is 0 Å². The molecule has 1 aromatic carbocycles. The number of hydrogen-bond donors (Lipinski definition) is 1. The van der Waals surface area contributed by atoms with Crippen LogP contribution in [0.25, 0.3) is 5.69 Å². The van der Waals surface area contributed by atoms with Gasteiger partial charge in [-0.05, 0) is 49.7 Å². The summed E-state index contributed by atoms with van der Waals surface area (Å²) in [4.78, 5) is 18.6. The van der Waals surface area contributed by atoms with Gasteiger partial charge < -0.3 is 9.88 Å². The molecular formula is C20H21F3N6O. The minimum Gasteiger partial charge on any atom is -0.353 e. The third kappa shape index (κ3) is 4.09. The molecule has 30 heavy (non-hydrogen) atoms. The lowest BCUT2D eigenvalue weighted by atomic mass is 10.1. The van der Waals surface area contributed by atoms with Crippen LogP contribution >= 0.6 is 0 Å². The van der Waals surface area contributed by atoms with E-state index in [1.807, 2.05) is 34.8 Å². The lowest BCUT2D eigenvalue weighted by Gasteiger charge is -2.25. The maximum Gasteiger partial charge on any atom is 0.416 e. The summed E-state index contributed by atoms with van der Waals surface area (Å²) in [6.45, 7) is 0.838. The lowest BCUT2D eigenvalue weighted by Crippen LogP contribution is -2.33. The Kier molecular flexibility index (Phi) is 5.33. The van der Waals surface area contributed by atoms with Gasteiger partial charge in [0.25, 0.3) is 0 Å². The maximum absolute atomic E-state index is 13.2. The van der Waals surface area contributed by atoms with Crippen LogP contribution in [0, 0.1) is 0 Å². The number of likely N-dealkylation sites (tertiary alicyclic amines) is 1. The fraction of sp³-hybridized carbons (Fsp3) is 0.350. The van der Waals surface area contributed by atoms with Gasteiger partial charge in [0.1, 0.15) is 12.7 Å². The van der Waals surface area contributed by atoms with Crippen molar-refractivity contribution in [2.75, 3.05) is 18.4 Å². The van der Waals surface area contributed by atoms with Crippen molar-refractivity contribution in [3.8, 4) is 5.69 Å². The monoisotopic (exact) mass is 418 g/mol. The fourth-order valence-corrected chi connectivity index (χ4v) is 3.89. The first-order chi connectivity index (χ1) is 14.3. The molecule has 158 valence electrons. The predicted octanol–water partition coefficient (Wildman–Crippen LogP) is 3.40. The zero-order chi connectivity index (χ0) is 21.3. The minimum absolute atomic E-state index is 0.0370. The smallest absolute Gasteiger partial charge is 0.353 e. The Labute approximate surface area is 171 Å². The van der Waals surface area contributed by atoms with Crippen LogP contribution in [0.1, 0.15) is 30.1 Å². The molecule has 0 saturated carbocycles. The largest absolute Gasteiger partial charge is 0.416 e. The molecule has 0 spiro atoms. The summed E-state index contributed by atoms with van der Waals surface area (Å²) in [5.41, 5.74) is 0.622. The van der Waals surface area contributed by atoms with Crippen molar-refractivity contribution in [2.24, 2.45) is 7.05 Å². The Morgan fingerprint density at radius 2 is 2.13 bits per heavy atom. The second-order valence-corrected chi connectivity index (χ2v) is 7.29. The fourth-order valence-electron chi connectivity index (χ4n) is 3.89. The second kappa shape index (κ2) is 7.94. The van der Waals surface area contributed by atoms with Crippen LogP contribution in [-0.4, -0.2) is 43.2 Å². The zero-order valence-corrected chi connectivity index (χ0v) is 16.3. The van der Waals surface area contributed by atoms with Crippen molar-refractivity contribution in [3.05, 3.63) is 60.4 Å². The number of nitrogens with one attached hydrogen (secondary N) is 1. The first kappa shape index (κ1) is 20.1. The maximum atomic E-state index is 13.2. The number of benzene rings is 1. The molecule has 1 fully saturated rings. The van der Waals surface area contributed by atoms with Crippen LogP contribution in [0.2, 0.25) is 0 Å². The van der Waals surface area contributed by atoms with Gasteiger partial charge in [-0.15, -0.1) is 0 Å². The van der Waals surface area contributed by atoms with Gasteiger partial charge in [-0.2, -0.15) is 18.3 Å². The minimum atomic E-state index is -4.52. The third-order valence-corrected chi connectivity index (χ3v) is 5.30. The van der Waals surface area contributed by atoms with Crippen molar-refractivity contribution in [1.82, 2.24) is 24.2 Å². The van der Waals surface area contributed by atoms with E-state index in [-0.39, 0.29) is 24.2 Å². The Morgan fingerprint density at radius 1 is 1.30 bits per heavy atom. The molecule has 0 radical (unpaired) electrons. The molecule has 1 aliphatic rings. The van der Waals surface area contributed by atoms with Gasteiger partial charge in [0.05, 0.1) is 29.5 Å². The number of nitrogens with zero attached hydrogens (tertiary/aromatic N) is 5. The first-order valence-corrected chi connectivity index (χ1v) is 9.54. The van der Waals surface area contributed by atoms with Gasteiger partial charge in [0.15, 0.2) is 0 Å². The Bertz CT molecular complexity index is 1030. The standard InChI is InChI=1S/C20H21F3N6O/c1-27-8-2-4-17(27)18-5-3-9-28(18)11-19(30)26-15-10-14(20(21,22)23)6-7-16(15)29-13-24-12-25-29/h2,4,6-8,10,12-13,18H,3,5,9,11H2,1H3,(H,26,30)/t18-/m1/s1. The van der Waals surface area contributed by atoms with Crippen molar-refractivity contribution >= 4 is 11.6 Å². The topological polar surface area (TPSA) is 68.0 Å². The number of aromatic nitrogens is 4. The first-order valence-electron chi connectivity index (χ1n) is 9.54. The molecule has 3 aromatic rings. The van der Waals surface area contributed by atoms with E-state index >= 15 is 0 Å². The molecule has 0 aliphatic carbocycles. The summed E-state index contributed by atoms with van der Waals surface area (Å²) in [6, 6.07) is 7.24. The van der Waals surface area contributed by atoms with Gasteiger partial charge in [-0.3, -0.25) is 9.69 Å². The van der Waals surface area contributed by atoms with E-state index in [0.29, 0.717) is 5.69 Å². The molecular weight excluding hydrogens is 397 g/mol. The molecule has 10 heteroatoms. The molecule has 1 atom stereocenters. The molecule has 1 amide bonds. The summed E-state index contributed by atoms with van der Waals surface area (Å²) in [5, 5.41) is 6.61. The van der Waals surface area contributed by atoms with Crippen LogP contribution in [-0.2, 0) is 18.0 Å². The predicted molar refractivity (Wildman–Crippen MR) is 104 cm³/mol. The van der Waals surface area contributed by atoms with E-state index in [4.69, 9.17) is 0 Å². The number of anilines is 1. The molecule has 1 saturated heterocycles. The van der Waals surface area contributed by atoms with E-state index in [0.717, 1.165) is 37.2 Å². The Morgan fingerprint density at radius 3 is 2.80 bits per heavy atom. The van der Waals surface area contributed by atoms with Gasteiger partial charge in [-0.1, -0.05) is 0 Å². The van der Waals surface area contributed by atoms with Crippen LogP contribution in [0.15, 0.2) is 49.2 Å². The number of aryl methyl sites for hydroxylation is 1. The normalized spacial score (nSPS) is 17.4. The number of carbonyl (C=O) groups is 1. The summed E-state index contributed by atoms with van der Waals surface area (Å²) in [5.74, 6) is -0.378. The molecule has 4 rings (SSSR count). The molecule has 1 N–H and O–H groups in total. The third-order valence-electron chi connectivity index (χ3n) is 5.30. The summed E-state index contributed by atoms with van der Waals surface area (Å²) >= 11 is 0. The van der Waals surface area contributed by atoms with Gasteiger partial charge >= 0.3 is 6.18 Å². The number of alkyl halides is 3. The highest BCUT2D eigenvalue weighted by molar-refractivity contribution is 5.94. The van der Waals surface area contributed by atoms with E-state index < -0.39 is 11.7 Å². The zero-order valence-electron chi connectivity index (χ0n) is 16.3. The summed E-state index contributed by atoms with van der Waals surface area (Å²) in [7, 11) is 1.96. The number of amides is 1. The van der Waals surface area contributed by atoms with Crippen LogP contribution in [0.3, 0.4) is 0 Å². The van der Waals surface area contributed by atoms with Crippen molar-refractivity contribution in [2.45, 2.75) is 25.1 Å². The molecule has 0 bridgehead atoms. The quantitative estimate of drug-likeness (QED) is 0.690. The van der Waals surface area contributed by atoms with Crippen LogP contribution in [0.4, 0.5) is 18.9 Å². The lowest BCUT2D eigenvalue weighted by molar-refractivity contribution is -0.137. The van der Waals surface area contributed by atoms with E-state index in [2.05, 4.69) is 15.4 Å². The van der Waals surface area contributed by atoms with Crippen molar-refractivity contribution in [1.29, 1.82) is 0 Å². The van der Waals surface area contributed by atoms with E-state index in [1.165, 1.54) is 23.4 Å². The average Bonchev–Trinajstić information content (AvgIpc) is 3.43. The highest BCUT2D eigenvalue weighted by Gasteiger charge is 2.32. The Hall–Kier alpha value is -3.14. The Balaban J connectivity index is 1.55. The number of rotatable bonds is 5. The molecule has 7 nitrogen and oxygen atoms in total. The number of halogens is 3. The summed E-state index contributed by atoms with van der Waals surface area (Å²) in [6.07, 6.45) is 1.96. The molecule has 1 aliphatic heterocycles. The van der Waals surface area contributed by atoms with Crippen LogP contribution in [0.5, 0.6) is 0 Å². The molecule has 0 unspecified atom stereocenters. The van der Waals surface area contributed by atoms with Crippen LogP contribution < -0.4 is 5.32 Å². The number of hydrogen-bond acceptors (Lipinski definition) is 4.